The number of aliphatic hydroxyl groups is 1. The molecule has 0 bridgehead atoms. The first kappa shape index (κ1) is 19.7. The van der Waals surface area contributed by atoms with Gasteiger partial charge in [-0.25, -0.2) is 4.39 Å². The highest BCUT2D eigenvalue weighted by Gasteiger charge is 2.57. The Morgan fingerprint density at radius 1 is 1.24 bits per heavy atom. The molecule has 8 heteroatoms. The Balaban J connectivity index is 1.72. The van der Waals surface area contributed by atoms with E-state index in [0.717, 1.165) is 0 Å². The minimum absolute atomic E-state index is 0.196. The number of pyridine rings is 1. The fourth-order valence-corrected chi connectivity index (χ4v) is 4.16. The maximum atomic E-state index is 14.0. The molecule has 4 rings (SSSR count). The number of H-pyrrole nitrogens is 1. The summed E-state index contributed by atoms with van der Waals surface area (Å²) in [5.41, 5.74) is -2.92. The van der Waals surface area contributed by atoms with Crippen LogP contribution in [0.15, 0.2) is 42.7 Å². The molecule has 2 aromatic heterocycles. The van der Waals surface area contributed by atoms with E-state index in [-0.39, 0.29) is 18.7 Å². The lowest BCUT2D eigenvalue weighted by atomic mass is 9.69. The van der Waals surface area contributed by atoms with Crippen LogP contribution < -0.4 is 4.74 Å². The van der Waals surface area contributed by atoms with Gasteiger partial charge in [0.1, 0.15) is 11.6 Å². The van der Waals surface area contributed by atoms with E-state index in [2.05, 4.69) is 9.97 Å². The third kappa shape index (κ3) is 3.57. The Morgan fingerprint density at radius 3 is 2.76 bits per heavy atom. The van der Waals surface area contributed by atoms with E-state index < -0.39 is 35.9 Å². The van der Waals surface area contributed by atoms with E-state index in [1.165, 1.54) is 24.4 Å². The molecule has 2 atom stereocenters. The molecular weight excluding hydrogens is 388 g/mol. The molecule has 0 fully saturated rings. The van der Waals surface area contributed by atoms with Gasteiger partial charge < -0.3 is 14.8 Å². The number of aromatic nitrogens is 2. The van der Waals surface area contributed by atoms with Gasteiger partial charge in [0.15, 0.2) is 5.60 Å². The number of aromatic amines is 1. The first-order valence-corrected chi connectivity index (χ1v) is 9.23. The molecule has 3 heterocycles. The molecule has 0 saturated heterocycles. The summed E-state index contributed by atoms with van der Waals surface area (Å²) in [7, 11) is 0. The second-order valence-electron chi connectivity index (χ2n) is 7.94. The lowest BCUT2D eigenvalue weighted by molar-refractivity contribution is -0.267. The normalized spacial score (nSPS) is 21.4. The molecule has 2 unspecified atom stereocenters. The zero-order valence-electron chi connectivity index (χ0n) is 15.7. The highest BCUT2D eigenvalue weighted by molar-refractivity contribution is 5.79. The van der Waals surface area contributed by atoms with E-state index in [4.69, 9.17) is 4.74 Å². The van der Waals surface area contributed by atoms with Crippen LogP contribution in [0, 0.1) is 5.82 Å². The molecule has 0 spiro atoms. The van der Waals surface area contributed by atoms with Gasteiger partial charge in [0.05, 0.1) is 18.3 Å². The van der Waals surface area contributed by atoms with E-state index in [9.17, 15) is 22.7 Å². The first-order valence-electron chi connectivity index (χ1n) is 9.23. The average Bonchev–Trinajstić information content (AvgIpc) is 3.03. The van der Waals surface area contributed by atoms with Crippen LogP contribution in [0.25, 0.3) is 10.9 Å². The number of benzene rings is 1. The second-order valence-corrected chi connectivity index (χ2v) is 7.94. The van der Waals surface area contributed by atoms with Crippen LogP contribution in [0.1, 0.15) is 31.0 Å². The third-order valence-corrected chi connectivity index (χ3v) is 5.68. The molecule has 1 aliphatic heterocycles. The molecule has 0 amide bonds. The number of rotatable bonds is 4. The van der Waals surface area contributed by atoms with Crippen molar-refractivity contribution in [3.8, 4) is 5.75 Å². The molecule has 4 nitrogen and oxygen atoms in total. The minimum Gasteiger partial charge on any atom is -0.493 e. The van der Waals surface area contributed by atoms with Crippen molar-refractivity contribution in [3.63, 3.8) is 0 Å². The van der Waals surface area contributed by atoms with Gasteiger partial charge in [-0.3, -0.25) is 4.98 Å². The van der Waals surface area contributed by atoms with Crippen molar-refractivity contribution in [2.45, 2.75) is 43.4 Å². The van der Waals surface area contributed by atoms with Crippen molar-refractivity contribution >= 4 is 10.9 Å². The Labute approximate surface area is 164 Å². The summed E-state index contributed by atoms with van der Waals surface area (Å²) in [6.07, 6.45) is -2.84. The van der Waals surface area contributed by atoms with Crippen LogP contribution >= 0.6 is 0 Å². The Bertz CT molecular complexity index is 1020. The number of fused-ring (bicyclic) bond motifs is 2. The lowest BCUT2D eigenvalue weighted by Gasteiger charge is -2.42. The number of nitrogens with one attached hydrogen (secondary N) is 1. The SMILES string of the molecule is CC1(CC(O)(Cc2cc3ccncc3[nH]2)C(F)(F)F)CCOc2ccc(F)cc21. The number of hydrogen-bond donors (Lipinski definition) is 2. The maximum absolute atomic E-state index is 14.0. The molecule has 29 heavy (non-hydrogen) atoms. The number of hydrogen-bond acceptors (Lipinski definition) is 3. The van der Waals surface area contributed by atoms with Gasteiger partial charge in [-0.1, -0.05) is 6.92 Å². The van der Waals surface area contributed by atoms with Crippen molar-refractivity contribution in [1.29, 1.82) is 0 Å². The second kappa shape index (κ2) is 6.73. The summed E-state index contributed by atoms with van der Waals surface area (Å²) < 4.78 is 61.4. The van der Waals surface area contributed by atoms with Crippen LogP contribution in [0.5, 0.6) is 5.75 Å². The number of nitrogens with zero attached hydrogens (tertiary/aromatic N) is 1. The fraction of sp³-hybridized carbons (Fsp3) is 0.381. The van der Waals surface area contributed by atoms with Crippen molar-refractivity contribution in [2.24, 2.45) is 0 Å². The van der Waals surface area contributed by atoms with Crippen molar-refractivity contribution in [3.05, 3.63) is 59.8 Å². The molecule has 1 aromatic carbocycles. The molecule has 3 aromatic rings. The molecule has 154 valence electrons. The predicted octanol–water partition coefficient (Wildman–Crippen LogP) is 4.67. The number of alkyl halides is 3. The van der Waals surface area contributed by atoms with E-state index in [1.807, 2.05) is 0 Å². The van der Waals surface area contributed by atoms with Gasteiger partial charge in [-0.05, 0) is 43.2 Å². The molecule has 0 saturated carbocycles. The standard InChI is InChI=1S/C21H20F4N2O2/c1-19(5-7-29-18-3-2-14(22)9-16(18)19)12-20(28,21(23,24)25)10-15-8-13-4-6-26-11-17(13)27-15/h2-4,6,8-9,11,27-28H,5,7,10,12H2,1H3. The molecule has 0 aliphatic carbocycles. The quantitative estimate of drug-likeness (QED) is 0.617. The van der Waals surface area contributed by atoms with Gasteiger partial charge >= 0.3 is 6.18 Å². The third-order valence-electron chi connectivity index (χ3n) is 5.68. The van der Waals surface area contributed by atoms with Gasteiger partial charge in [0.25, 0.3) is 0 Å². The summed E-state index contributed by atoms with van der Waals surface area (Å²) in [4.78, 5) is 6.84. The van der Waals surface area contributed by atoms with Crippen LogP contribution in [0.4, 0.5) is 17.6 Å². The molecule has 1 aliphatic rings. The zero-order chi connectivity index (χ0) is 20.9. The monoisotopic (exact) mass is 408 g/mol. The minimum atomic E-state index is -4.88. The zero-order valence-corrected chi connectivity index (χ0v) is 15.7. The summed E-state index contributed by atoms with van der Waals surface area (Å²) in [6.45, 7) is 1.81. The van der Waals surface area contributed by atoms with Crippen molar-refractivity contribution < 1.29 is 27.4 Å². The highest BCUT2D eigenvalue weighted by atomic mass is 19.4. The molecule has 2 N–H and O–H groups in total. The van der Waals surface area contributed by atoms with Crippen molar-refractivity contribution in [1.82, 2.24) is 9.97 Å². The molecule has 0 radical (unpaired) electrons. The maximum Gasteiger partial charge on any atom is 0.417 e. The van der Waals surface area contributed by atoms with Gasteiger partial charge in [-0.2, -0.15) is 13.2 Å². The van der Waals surface area contributed by atoms with Gasteiger partial charge in [-0.15, -0.1) is 0 Å². The smallest absolute Gasteiger partial charge is 0.417 e. The topological polar surface area (TPSA) is 58.1 Å². The van der Waals surface area contributed by atoms with Crippen molar-refractivity contribution in [2.75, 3.05) is 6.61 Å². The van der Waals surface area contributed by atoms with Crippen LogP contribution in [-0.2, 0) is 11.8 Å². The van der Waals surface area contributed by atoms with Gasteiger partial charge in [0, 0.05) is 34.7 Å². The number of halogens is 4. The predicted molar refractivity (Wildman–Crippen MR) is 99.3 cm³/mol. The van der Waals surface area contributed by atoms with E-state index in [1.54, 1.807) is 25.3 Å². The number of ether oxygens (including phenoxy) is 1. The Kier molecular flexibility index (Phi) is 4.57. The average molecular weight is 408 g/mol. The summed E-state index contributed by atoms with van der Waals surface area (Å²) in [5.74, 6) is -0.208. The first-order chi connectivity index (χ1) is 13.6. The summed E-state index contributed by atoms with van der Waals surface area (Å²) in [5, 5.41) is 11.6. The Hall–Kier alpha value is -2.61. The summed E-state index contributed by atoms with van der Waals surface area (Å²) >= 11 is 0. The fourth-order valence-electron chi connectivity index (χ4n) is 4.16. The van der Waals surface area contributed by atoms with Crippen LogP contribution in [0.2, 0.25) is 0 Å². The van der Waals surface area contributed by atoms with Crippen LogP contribution in [0.3, 0.4) is 0 Å². The highest BCUT2D eigenvalue weighted by Crippen LogP contribution is 2.48. The lowest BCUT2D eigenvalue weighted by Crippen LogP contribution is -2.52. The van der Waals surface area contributed by atoms with E-state index >= 15 is 0 Å². The summed E-state index contributed by atoms with van der Waals surface area (Å²) in [6, 6.07) is 7.08. The van der Waals surface area contributed by atoms with Gasteiger partial charge in [0.2, 0.25) is 0 Å². The largest absolute Gasteiger partial charge is 0.493 e. The molecular formula is C21H20F4N2O2. The van der Waals surface area contributed by atoms with Crippen LogP contribution in [-0.4, -0.2) is 33.5 Å². The van der Waals surface area contributed by atoms with E-state index in [0.29, 0.717) is 22.2 Å². The Morgan fingerprint density at radius 2 is 2.03 bits per heavy atom.